The van der Waals surface area contributed by atoms with E-state index in [1.165, 1.54) is 0 Å². The number of likely N-dealkylation sites (tertiary alicyclic amines) is 1. The van der Waals surface area contributed by atoms with Crippen molar-refractivity contribution in [3.8, 4) is 17.2 Å². The summed E-state index contributed by atoms with van der Waals surface area (Å²) in [5.41, 5.74) is 2.05. The van der Waals surface area contributed by atoms with Gasteiger partial charge in [0.25, 0.3) is 11.8 Å². The molecule has 1 N–H and O–H groups in total. The Labute approximate surface area is 150 Å². The quantitative estimate of drug-likeness (QED) is 0.773. The molecule has 0 aliphatic carbocycles. The van der Waals surface area contributed by atoms with Crippen molar-refractivity contribution in [2.75, 3.05) is 13.1 Å². The number of aromatic nitrogens is 4. The number of aromatic amines is 1. The number of benzene rings is 1. The summed E-state index contributed by atoms with van der Waals surface area (Å²) in [6.45, 7) is 4.79. The number of nitrogens with one attached hydrogen (secondary N) is 1. The van der Waals surface area contributed by atoms with Crippen molar-refractivity contribution in [3.05, 3.63) is 47.5 Å². The van der Waals surface area contributed by atoms with Gasteiger partial charge in [0.2, 0.25) is 0 Å². The summed E-state index contributed by atoms with van der Waals surface area (Å²) in [7, 11) is 0. The molecule has 134 valence electrons. The first-order valence-corrected chi connectivity index (χ1v) is 8.48. The molecule has 3 aromatic rings. The Morgan fingerprint density at radius 3 is 2.92 bits per heavy atom. The maximum Gasteiger partial charge on any atom is 0.274 e. The lowest BCUT2D eigenvalue weighted by atomic mass is 10.2. The molecule has 1 aromatic carbocycles. The Morgan fingerprint density at radius 2 is 2.19 bits per heavy atom. The Bertz CT molecular complexity index is 932. The van der Waals surface area contributed by atoms with Crippen molar-refractivity contribution in [1.82, 2.24) is 25.2 Å². The molecule has 1 unspecified atom stereocenters. The molecule has 1 aliphatic rings. The van der Waals surface area contributed by atoms with Crippen LogP contribution in [0, 0.1) is 13.8 Å². The Kier molecular flexibility index (Phi) is 4.16. The third-order valence-corrected chi connectivity index (χ3v) is 4.30. The van der Waals surface area contributed by atoms with E-state index in [1.807, 2.05) is 31.2 Å². The van der Waals surface area contributed by atoms with Gasteiger partial charge in [0.15, 0.2) is 5.82 Å². The van der Waals surface area contributed by atoms with Crippen LogP contribution in [0.4, 0.5) is 0 Å². The third kappa shape index (κ3) is 3.17. The average molecular weight is 353 g/mol. The van der Waals surface area contributed by atoms with Gasteiger partial charge in [-0.3, -0.25) is 9.89 Å². The van der Waals surface area contributed by atoms with Crippen LogP contribution in [0.1, 0.15) is 28.4 Å². The number of amides is 1. The topological polar surface area (TPSA) is 97.1 Å². The van der Waals surface area contributed by atoms with E-state index in [9.17, 15) is 4.79 Å². The summed E-state index contributed by atoms with van der Waals surface area (Å²) in [5.74, 6) is 1.59. The molecular formula is C18H19N5O3. The van der Waals surface area contributed by atoms with Crippen molar-refractivity contribution in [2.45, 2.75) is 26.4 Å². The molecule has 26 heavy (non-hydrogen) atoms. The number of nitrogens with zero attached hydrogens (tertiary/aromatic N) is 4. The lowest BCUT2D eigenvalue weighted by Gasteiger charge is -2.17. The first kappa shape index (κ1) is 16.3. The van der Waals surface area contributed by atoms with Gasteiger partial charge in [-0.15, -0.1) is 0 Å². The van der Waals surface area contributed by atoms with E-state index in [1.54, 1.807) is 17.9 Å². The predicted molar refractivity (Wildman–Crippen MR) is 92.7 cm³/mol. The zero-order valence-corrected chi connectivity index (χ0v) is 14.6. The number of H-pyrrole nitrogens is 1. The summed E-state index contributed by atoms with van der Waals surface area (Å²) >= 11 is 0. The fourth-order valence-electron chi connectivity index (χ4n) is 3.03. The van der Waals surface area contributed by atoms with Gasteiger partial charge in [-0.05, 0) is 32.0 Å². The second-order valence-electron chi connectivity index (χ2n) is 6.36. The average Bonchev–Trinajstić information content (AvgIpc) is 3.36. The number of hydrogen-bond donors (Lipinski definition) is 1. The molecule has 0 spiro atoms. The molecule has 1 atom stereocenters. The van der Waals surface area contributed by atoms with Crippen LogP contribution in [0.25, 0.3) is 11.5 Å². The summed E-state index contributed by atoms with van der Waals surface area (Å²) in [5, 5.41) is 10.7. The van der Waals surface area contributed by atoms with E-state index < -0.39 is 0 Å². The first-order chi connectivity index (χ1) is 12.6. The van der Waals surface area contributed by atoms with E-state index in [4.69, 9.17) is 9.26 Å². The predicted octanol–water partition coefficient (Wildman–Crippen LogP) is 2.37. The van der Waals surface area contributed by atoms with Gasteiger partial charge in [-0.1, -0.05) is 17.3 Å². The summed E-state index contributed by atoms with van der Waals surface area (Å²) in [4.78, 5) is 18.5. The molecule has 4 rings (SSSR count). The van der Waals surface area contributed by atoms with Crippen LogP contribution in [-0.4, -0.2) is 50.3 Å². The number of aryl methyl sites for hydroxylation is 2. The van der Waals surface area contributed by atoms with Gasteiger partial charge in [0, 0.05) is 18.7 Å². The van der Waals surface area contributed by atoms with Crippen LogP contribution in [0.2, 0.25) is 0 Å². The molecule has 8 nitrogen and oxygen atoms in total. The molecule has 0 radical (unpaired) electrons. The Morgan fingerprint density at radius 1 is 1.35 bits per heavy atom. The number of hydrogen-bond acceptors (Lipinski definition) is 6. The molecule has 8 heteroatoms. The maximum absolute atomic E-state index is 12.5. The second kappa shape index (κ2) is 6.62. The summed E-state index contributed by atoms with van der Waals surface area (Å²) < 4.78 is 11.4. The van der Waals surface area contributed by atoms with Gasteiger partial charge >= 0.3 is 0 Å². The highest BCUT2D eigenvalue weighted by molar-refractivity contribution is 5.92. The molecule has 1 amide bonds. The first-order valence-electron chi connectivity index (χ1n) is 8.48. The van der Waals surface area contributed by atoms with E-state index >= 15 is 0 Å². The minimum absolute atomic E-state index is 0.0822. The zero-order valence-electron chi connectivity index (χ0n) is 14.6. The van der Waals surface area contributed by atoms with Gasteiger partial charge in [-0.2, -0.15) is 10.1 Å². The smallest absolute Gasteiger partial charge is 0.274 e. The van der Waals surface area contributed by atoms with Crippen molar-refractivity contribution < 1.29 is 14.1 Å². The van der Waals surface area contributed by atoms with Crippen LogP contribution in [0.5, 0.6) is 5.75 Å². The summed E-state index contributed by atoms with van der Waals surface area (Å²) in [6, 6.07) is 9.30. The monoisotopic (exact) mass is 353 g/mol. The molecule has 1 fully saturated rings. The highest BCUT2D eigenvalue weighted by Gasteiger charge is 2.30. The number of rotatable bonds is 4. The van der Waals surface area contributed by atoms with E-state index in [2.05, 4.69) is 20.3 Å². The molecular weight excluding hydrogens is 334 g/mol. The minimum atomic E-state index is -0.0934. The van der Waals surface area contributed by atoms with Crippen LogP contribution in [-0.2, 0) is 0 Å². The molecule has 1 saturated heterocycles. The van der Waals surface area contributed by atoms with Gasteiger partial charge in [0.1, 0.15) is 17.5 Å². The van der Waals surface area contributed by atoms with Crippen LogP contribution < -0.4 is 4.74 Å². The van der Waals surface area contributed by atoms with Crippen LogP contribution in [0.15, 0.2) is 34.9 Å². The van der Waals surface area contributed by atoms with Gasteiger partial charge in [-0.25, -0.2) is 0 Å². The van der Waals surface area contributed by atoms with E-state index in [-0.39, 0.29) is 12.0 Å². The number of carbonyl (C=O) groups is 1. The second-order valence-corrected chi connectivity index (χ2v) is 6.36. The van der Waals surface area contributed by atoms with Crippen LogP contribution >= 0.6 is 0 Å². The van der Waals surface area contributed by atoms with Crippen molar-refractivity contribution in [1.29, 1.82) is 0 Å². The highest BCUT2D eigenvalue weighted by Crippen LogP contribution is 2.30. The molecule has 3 heterocycles. The fourth-order valence-corrected chi connectivity index (χ4v) is 3.03. The Hall–Kier alpha value is -3.16. The zero-order chi connectivity index (χ0) is 18.1. The summed E-state index contributed by atoms with van der Waals surface area (Å²) in [6.07, 6.45) is 0.663. The number of ether oxygens (including phenoxy) is 1. The molecule has 1 aliphatic heterocycles. The molecule has 2 aromatic heterocycles. The lowest BCUT2D eigenvalue weighted by Crippen LogP contribution is -2.31. The van der Waals surface area contributed by atoms with E-state index in [0.717, 1.165) is 17.7 Å². The third-order valence-electron chi connectivity index (χ3n) is 4.30. The lowest BCUT2D eigenvalue weighted by molar-refractivity contribution is 0.0766. The van der Waals surface area contributed by atoms with E-state index in [0.29, 0.717) is 36.2 Å². The maximum atomic E-state index is 12.5. The molecule has 0 bridgehead atoms. The SMILES string of the molecule is Cc1noc(-c2ccccc2OC2CCN(C(=O)c3cc(C)[nH]n3)C2)n1. The molecule has 0 saturated carbocycles. The van der Waals surface area contributed by atoms with Crippen molar-refractivity contribution in [3.63, 3.8) is 0 Å². The van der Waals surface area contributed by atoms with Crippen molar-refractivity contribution >= 4 is 5.91 Å². The normalized spacial score (nSPS) is 16.8. The van der Waals surface area contributed by atoms with Crippen molar-refractivity contribution in [2.24, 2.45) is 0 Å². The minimum Gasteiger partial charge on any atom is -0.488 e. The van der Waals surface area contributed by atoms with Crippen LogP contribution in [0.3, 0.4) is 0 Å². The highest BCUT2D eigenvalue weighted by atomic mass is 16.5. The van der Waals surface area contributed by atoms with Gasteiger partial charge < -0.3 is 14.2 Å². The fraction of sp³-hybridized carbons (Fsp3) is 0.333. The number of para-hydroxylation sites is 1. The van der Waals surface area contributed by atoms with Gasteiger partial charge in [0.05, 0.1) is 12.1 Å². The largest absolute Gasteiger partial charge is 0.488 e. The number of carbonyl (C=O) groups excluding carboxylic acids is 1. The standard InChI is InChI=1S/C18H19N5O3/c1-11-9-15(21-20-11)18(24)23-8-7-13(10-23)25-16-6-4-3-5-14(16)17-19-12(2)22-26-17/h3-6,9,13H,7-8,10H2,1-2H3,(H,20,21). The Balaban J connectivity index is 1.47.